The van der Waals surface area contributed by atoms with Crippen LogP contribution in [0.2, 0.25) is 0 Å². The highest BCUT2D eigenvalue weighted by Crippen LogP contribution is 2.35. The minimum atomic E-state index is -0.864. The molecular formula is C23H20N2O9. The van der Waals surface area contributed by atoms with E-state index in [2.05, 4.69) is 10.6 Å². The third-order valence-corrected chi connectivity index (χ3v) is 4.73. The number of nitrogens with one attached hydrogen (secondary N) is 2. The fraction of sp³-hybridized carbons (Fsp3) is 0.174. The van der Waals surface area contributed by atoms with Gasteiger partial charge in [-0.15, -0.1) is 0 Å². The number of hydrogen-bond donors (Lipinski definition) is 2. The van der Waals surface area contributed by atoms with Gasteiger partial charge in [0.1, 0.15) is 0 Å². The van der Waals surface area contributed by atoms with Gasteiger partial charge in [0.25, 0.3) is 11.8 Å². The highest BCUT2D eigenvalue weighted by molar-refractivity contribution is 6.07. The molecule has 2 N–H and O–H groups in total. The molecule has 1 aliphatic heterocycles. The minimum absolute atomic E-state index is 0.0391. The molecule has 0 aliphatic carbocycles. The van der Waals surface area contributed by atoms with Crippen LogP contribution in [0.3, 0.4) is 0 Å². The van der Waals surface area contributed by atoms with Gasteiger partial charge >= 0.3 is 5.97 Å². The van der Waals surface area contributed by atoms with Crippen molar-refractivity contribution in [1.29, 1.82) is 0 Å². The maximum absolute atomic E-state index is 12.8. The van der Waals surface area contributed by atoms with Crippen LogP contribution in [0, 0.1) is 0 Å². The van der Waals surface area contributed by atoms with Crippen molar-refractivity contribution in [2.45, 2.75) is 0 Å². The number of anilines is 2. The number of rotatable bonds is 8. The average molecular weight is 468 g/mol. The van der Waals surface area contributed by atoms with Crippen molar-refractivity contribution in [3.8, 4) is 23.0 Å². The van der Waals surface area contributed by atoms with Crippen LogP contribution >= 0.6 is 0 Å². The quantitative estimate of drug-likeness (QED) is 0.478. The third kappa shape index (κ3) is 4.88. The van der Waals surface area contributed by atoms with E-state index in [1.54, 1.807) is 24.3 Å². The highest BCUT2D eigenvalue weighted by Gasteiger charge is 2.22. The van der Waals surface area contributed by atoms with Crippen LogP contribution in [0.25, 0.3) is 0 Å². The van der Waals surface area contributed by atoms with Crippen LogP contribution < -0.4 is 29.6 Å². The molecule has 0 saturated carbocycles. The fourth-order valence-electron chi connectivity index (χ4n) is 3.12. The highest BCUT2D eigenvalue weighted by atomic mass is 16.7. The van der Waals surface area contributed by atoms with Crippen molar-refractivity contribution >= 4 is 29.2 Å². The molecule has 34 heavy (non-hydrogen) atoms. The van der Waals surface area contributed by atoms with Gasteiger partial charge in [-0.3, -0.25) is 9.59 Å². The van der Waals surface area contributed by atoms with Crippen molar-refractivity contribution in [3.05, 3.63) is 60.1 Å². The topological polar surface area (TPSA) is 135 Å². The molecule has 0 fully saturated rings. The summed E-state index contributed by atoms with van der Waals surface area (Å²) in [5.41, 5.74) is 0.483. The summed E-state index contributed by atoms with van der Waals surface area (Å²) in [6, 6.07) is 10.6. The van der Waals surface area contributed by atoms with Crippen LogP contribution in [0.4, 0.5) is 11.4 Å². The summed E-state index contributed by atoms with van der Waals surface area (Å²) in [5, 5.41) is 5.18. The molecule has 1 aliphatic rings. The fourth-order valence-corrected chi connectivity index (χ4v) is 3.12. The number of ether oxygens (including phenoxy) is 5. The van der Waals surface area contributed by atoms with Gasteiger partial charge in [0.15, 0.2) is 35.4 Å². The second-order valence-electron chi connectivity index (χ2n) is 6.88. The molecule has 0 saturated heterocycles. The lowest BCUT2D eigenvalue weighted by atomic mass is 10.1. The SMILES string of the molecule is COc1cc(NC(=O)c2ccco2)c(C(=O)OCC(=O)Nc2ccc3c(c2)OCO3)cc1OC. The van der Waals surface area contributed by atoms with E-state index in [9.17, 15) is 14.4 Å². The van der Waals surface area contributed by atoms with E-state index in [4.69, 9.17) is 28.1 Å². The second kappa shape index (κ2) is 9.86. The van der Waals surface area contributed by atoms with E-state index in [1.165, 1.54) is 38.7 Å². The number of amides is 2. The van der Waals surface area contributed by atoms with Gasteiger partial charge in [-0.25, -0.2) is 4.79 Å². The van der Waals surface area contributed by atoms with E-state index in [0.29, 0.717) is 17.2 Å². The van der Waals surface area contributed by atoms with Crippen LogP contribution in [0.15, 0.2) is 53.1 Å². The van der Waals surface area contributed by atoms with Gasteiger partial charge in [-0.2, -0.15) is 0 Å². The summed E-state index contributed by atoms with van der Waals surface area (Å²) < 4.78 is 31.2. The van der Waals surface area contributed by atoms with Gasteiger partial charge in [0.05, 0.1) is 31.7 Å². The Morgan fingerprint density at radius 3 is 2.44 bits per heavy atom. The lowest BCUT2D eigenvalue weighted by Gasteiger charge is -2.15. The zero-order valence-corrected chi connectivity index (χ0v) is 18.2. The first kappa shape index (κ1) is 22.5. The Kier molecular flexibility index (Phi) is 6.53. The molecule has 11 nitrogen and oxygen atoms in total. The number of hydrogen-bond acceptors (Lipinski definition) is 9. The van der Waals surface area contributed by atoms with Gasteiger partial charge in [-0.1, -0.05) is 0 Å². The molecule has 176 valence electrons. The van der Waals surface area contributed by atoms with Gasteiger partial charge < -0.3 is 38.7 Å². The standard InChI is InChI=1S/C23H20N2O9/c1-29-18-9-14(15(10-19(18)30-2)25-22(27)17-4-3-7-31-17)23(28)32-11-21(26)24-13-5-6-16-20(8-13)34-12-33-16/h3-10H,11-12H2,1-2H3,(H,24,26)(H,25,27). The predicted molar refractivity (Wildman–Crippen MR) is 118 cm³/mol. The average Bonchev–Trinajstić information content (AvgIpc) is 3.54. The number of esters is 1. The molecule has 0 radical (unpaired) electrons. The molecule has 0 unspecified atom stereocenters. The molecular weight excluding hydrogens is 448 g/mol. The first-order valence-electron chi connectivity index (χ1n) is 9.96. The first-order valence-corrected chi connectivity index (χ1v) is 9.96. The summed E-state index contributed by atoms with van der Waals surface area (Å²) in [4.78, 5) is 37.5. The van der Waals surface area contributed by atoms with Gasteiger partial charge in [0.2, 0.25) is 6.79 Å². The molecule has 0 bridgehead atoms. The van der Waals surface area contributed by atoms with Crippen molar-refractivity contribution < 1.29 is 42.5 Å². The minimum Gasteiger partial charge on any atom is -0.493 e. The maximum Gasteiger partial charge on any atom is 0.340 e. The Morgan fingerprint density at radius 2 is 1.71 bits per heavy atom. The van der Waals surface area contributed by atoms with E-state index in [0.717, 1.165) is 0 Å². The van der Waals surface area contributed by atoms with Crippen LogP contribution in [0.1, 0.15) is 20.9 Å². The molecule has 0 spiro atoms. The Morgan fingerprint density at radius 1 is 0.941 bits per heavy atom. The monoisotopic (exact) mass is 468 g/mol. The number of furan rings is 1. The van der Waals surface area contributed by atoms with Crippen molar-refractivity contribution in [1.82, 2.24) is 0 Å². The van der Waals surface area contributed by atoms with Crippen LogP contribution in [-0.4, -0.2) is 45.4 Å². The normalized spacial score (nSPS) is 11.5. The maximum atomic E-state index is 12.8. The van der Waals surface area contributed by atoms with Crippen LogP contribution in [0.5, 0.6) is 23.0 Å². The number of carbonyl (C=O) groups is 3. The predicted octanol–water partition coefficient (Wildman–Crippen LogP) is 3.07. The van der Waals surface area contributed by atoms with Crippen LogP contribution in [-0.2, 0) is 9.53 Å². The largest absolute Gasteiger partial charge is 0.493 e. The van der Waals surface area contributed by atoms with E-state index >= 15 is 0 Å². The van der Waals surface area contributed by atoms with Crippen molar-refractivity contribution in [2.75, 3.05) is 38.3 Å². The summed E-state index contributed by atoms with van der Waals surface area (Å²) in [6.45, 7) is -0.471. The summed E-state index contributed by atoms with van der Waals surface area (Å²) in [7, 11) is 2.81. The van der Waals surface area contributed by atoms with E-state index < -0.39 is 24.4 Å². The Labute approximate surface area is 193 Å². The van der Waals surface area contributed by atoms with Crippen molar-refractivity contribution in [2.24, 2.45) is 0 Å². The lowest BCUT2D eigenvalue weighted by molar-refractivity contribution is -0.119. The molecule has 0 atom stereocenters. The lowest BCUT2D eigenvalue weighted by Crippen LogP contribution is -2.22. The smallest absolute Gasteiger partial charge is 0.340 e. The molecule has 1 aromatic heterocycles. The molecule has 2 heterocycles. The molecule has 3 aromatic rings. The third-order valence-electron chi connectivity index (χ3n) is 4.73. The number of benzene rings is 2. The number of carbonyl (C=O) groups excluding carboxylic acids is 3. The second-order valence-corrected chi connectivity index (χ2v) is 6.88. The van der Waals surface area contributed by atoms with E-state index in [1.807, 2.05) is 0 Å². The van der Waals surface area contributed by atoms with E-state index in [-0.39, 0.29) is 35.3 Å². The Hall–Kier alpha value is -4.67. The van der Waals surface area contributed by atoms with Gasteiger partial charge in [-0.05, 0) is 24.3 Å². The molecule has 2 aromatic carbocycles. The number of fused-ring (bicyclic) bond motifs is 1. The first-order chi connectivity index (χ1) is 16.5. The van der Waals surface area contributed by atoms with Crippen molar-refractivity contribution in [3.63, 3.8) is 0 Å². The van der Waals surface area contributed by atoms with Gasteiger partial charge in [0, 0.05) is 23.9 Å². The zero-order chi connectivity index (χ0) is 24.1. The summed E-state index contributed by atoms with van der Waals surface area (Å²) >= 11 is 0. The molecule has 2 amide bonds. The molecule has 4 rings (SSSR count). The number of methoxy groups -OCH3 is 2. The summed E-state index contributed by atoms with van der Waals surface area (Å²) in [5.74, 6) is -0.418. The Bertz CT molecular complexity index is 1220. The Balaban J connectivity index is 1.47. The summed E-state index contributed by atoms with van der Waals surface area (Å²) in [6.07, 6.45) is 1.34. The molecule has 11 heteroatoms. The zero-order valence-electron chi connectivity index (χ0n) is 18.2.